The van der Waals surface area contributed by atoms with E-state index in [4.69, 9.17) is 0 Å². The van der Waals surface area contributed by atoms with Gasteiger partial charge in [0.15, 0.2) is 0 Å². The van der Waals surface area contributed by atoms with Gasteiger partial charge in [0.2, 0.25) is 0 Å². The summed E-state index contributed by atoms with van der Waals surface area (Å²) in [6.45, 7) is 0.809. The van der Waals surface area contributed by atoms with Gasteiger partial charge in [-0.3, -0.25) is 4.68 Å². The normalized spacial score (nSPS) is 13.3. The van der Waals surface area contributed by atoms with Crippen molar-refractivity contribution in [3.8, 4) is 0 Å². The summed E-state index contributed by atoms with van der Waals surface area (Å²) >= 11 is 8.48. The molecule has 0 radical (unpaired) electrons. The Labute approximate surface area is 77.0 Å². The maximum atomic E-state index is 4.36. The van der Waals surface area contributed by atoms with Crippen LogP contribution < -0.4 is 0 Å². The first-order valence-electron chi connectivity index (χ1n) is 3.44. The molecule has 0 saturated carbocycles. The largest absolute Gasteiger partial charge is 0.252 e. The van der Waals surface area contributed by atoms with E-state index in [1.54, 1.807) is 11.0 Å². The topological polar surface area (TPSA) is 30.7 Å². The van der Waals surface area contributed by atoms with E-state index >= 15 is 0 Å². The van der Waals surface area contributed by atoms with Crippen LogP contribution in [0.2, 0.25) is 0 Å². The van der Waals surface area contributed by atoms with Gasteiger partial charge in [-0.1, -0.05) is 0 Å². The van der Waals surface area contributed by atoms with Gasteiger partial charge < -0.3 is 0 Å². The van der Waals surface area contributed by atoms with Crippen molar-refractivity contribution in [1.82, 2.24) is 14.8 Å². The lowest BCUT2D eigenvalue weighted by Gasteiger charge is -2.07. The minimum Gasteiger partial charge on any atom is -0.252 e. The van der Waals surface area contributed by atoms with Crippen LogP contribution in [-0.4, -0.2) is 25.8 Å². The maximum absolute atomic E-state index is 4.36. The molecular weight excluding hydrogens is 178 g/mol. The minimum absolute atomic E-state index is 0.328. The Kier molecular flexibility index (Phi) is 3.79. The van der Waals surface area contributed by atoms with Gasteiger partial charge >= 0.3 is 0 Å². The van der Waals surface area contributed by atoms with Crippen LogP contribution in [0.4, 0.5) is 0 Å². The van der Waals surface area contributed by atoms with Crippen LogP contribution >= 0.6 is 25.3 Å². The van der Waals surface area contributed by atoms with E-state index in [0.29, 0.717) is 5.25 Å². The van der Waals surface area contributed by atoms with Crippen LogP contribution in [0.25, 0.3) is 0 Å². The van der Waals surface area contributed by atoms with Gasteiger partial charge in [-0.25, -0.2) is 4.98 Å². The number of hydrogen-bond acceptors (Lipinski definition) is 4. The zero-order valence-electron chi connectivity index (χ0n) is 6.09. The van der Waals surface area contributed by atoms with Gasteiger partial charge in [0.1, 0.15) is 12.7 Å². The molecule has 3 nitrogen and oxygen atoms in total. The van der Waals surface area contributed by atoms with Crippen molar-refractivity contribution < 1.29 is 0 Å². The molecule has 0 spiro atoms. The molecule has 1 unspecified atom stereocenters. The molecule has 1 heterocycles. The Hall–Kier alpha value is -0.160. The number of nitrogens with zero attached hydrogens (tertiary/aromatic N) is 3. The molecule has 0 aliphatic rings. The fourth-order valence-corrected chi connectivity index (χ4v) is 1.60. The van der Waals surface area contributed by atoms with Gasteiger partial charge in [-0.15, -0.1) is 0 Å². The highest BCUT2D eigenvalue weighted by molar-refractivity contribution is 7.81. The summed E-state index contributed by atoms with van der Waals surface area (Å²) in [4.78, 5) is 3.83. The first kappa shape index (κ1) is 8.93. The molecule has 0 aliphatic heterocycles. The van der Waals surface area contributed by atoms with E-state index in [1.165, 1.54) is 6.33 Å². The Balaban J connectivity index is 2.31. The predicted octanol–water partition coefficient (Wildman–Crippen LogP) is 0.896. The lowest BCUT2D eigenvalue weighted by Crippen LogP contribution is -2.11. The first-order chi connectivity index (χ1) is 5.33. The molecule has 62 valence electrons. The van der Waals surface area contributed by atoms with Gasteiger partial charge in [0, 0.05) is 5.25 Å². The summed E-state index contributed by atoms with van der Waals surface area (Å²) in [6.07, 6.45) is 4.22. The SMILES string of the molecule is SCCC(S)Cn1cncn1. The van der Waals surface area contributed by atoms with Gasteiger partial charge in [-0.05, 0) is 12.2 Å². The van der Waals surface area contributed by atoms with E-state index in [9.17, 15) is 0 Å². The molecule has 0 amide bonds. The number of rotatable bonds is 4. The summed E-state index contributed by atoms with van der Waals surface area (Å²) in [6, 6.07) is 0. The van der Waals surface area contributed by atoms with Crippen molar-refractivity contribution in [3.63, 3.8) is 0 Å². The molecule has 0 fully saturated rings. The van der Waals surface area contributed by atoms with Crippen molar-refractivity contribution in [2.24, 2.45) is 0 Å². The highest BCUT2D eigenvalue weighted by atomic mass is 32.1. The Morgan fingerprint density at radius 1 is 1.55 bits per heavy atom. The van der Waals surface area contributed by atoms with Crippen molar-refractivity contribution in [2.75, 3.05) is 5.75 Å². The van der Waals surface area contributed by atoms with E-state index in [0.717, 1.165) is 18.7 Å². The summed E-state index contributed by atoms with van der Waals surface area (Å²) in [5.74, 6) is 0.864. The van der Waals surface area contributed by atoms with Gasteiger partial charge in [0.25, 0.3) is 0 Å². The summed E-state index contributed by atoms with van der Waals surface area (Å²) in [5, 5.41) is 4.30. The molecule has 1 aromatic rings. The first-order valence-corrected chi connectivity index (χ1v) is 4.59. The smallest absolute Gasteiger partial charge is 0.137 e. The second kappa shape index (κ2) is 4.66. The second-order valence-corrected chi connectivity index (χ2v) is 3.46. The third-order valence-corrected chi connectivity index (χ3v) is 2.01. The van der Waals surface area contributed by atoms with Crippen LogP contribution in [0.15, 0.2) is 12.7 Å². The van der Waals surface area contributed by atoms with Crippen LogP contribution in [0.5, 0.6) is 0 Å². The number of hydrogen-bond donors (Lipinski definition) is 2. The lowest BCUT2D eigenvalue weighted by molar-refractivity contribution is 0.586. The van der Waals surface area contributed by atoms with Crippen LogP contribution in [0, 0.1) is 0 Å². The summed E-state index contributed by atoms with van der Waals surface area (Å²) < 4.78 is 1.78. The molecular formula is C6H11N3S2. The zero-order chi connectivity index (χ0) is 8.10. The fourth-order valence-electron chi connectivity index (χ4n) is 0.783. The Bertz CT molecular complexity index is 188. The minimum atomic E-state index is 0.328. The molecule has 11 heavy (non-hydrogen) atoms. The fraction of sp³-hybridized carbons (Fsp3) is 0.667. The van der Waals surface area contributed by atoms with Crippen LogP contribution in [0.3, 0.4) is 0 Å². The van der Waals surface area contributed by atoms with Gasteiger partial charge in [-0.2, -0.15) is 30.4 Å². The summed E-state index contributed by atoms with van der Waals surface area (Å²) in [5.41, 5.74) is 0. The molecule has 0 bridgehead atoms. The predicted molar refractivity (Wildman–Crippen MR) is 51.3 cm³/mol. The average molecular weight is 189 g/mol. The van der Waals surface area contributed by atoms with Crippen molar-refractivity contribution in [1.29, 1.82) is 0 Å². The lowest BCUT2D eigenvalue weighted by atomic mass is 10.3. The molecule has 1 rings (SSSR count). The van der Waals surface area contributed by atoms with Crippen LogP contribution in [-0.2, 0) is 6.54 Å². The van der Waals surface area contributed by atoms with Crippen molar-refractivity contribution in [3.05, 3.63) is 12.7 Å². The quantitative estimate of drug-likeness (QED) is 0.689. The molecule has 0 saturated heterocycles. The number of aromatic nitrogens is 3. The Morgan fingerprint density at radius 3 is 2.91 bits per heavy atom. The average Bonchev–Trinajstić information content (AvgIpc) is 2.40. The molecule has 0 aliphatic carbocycles. The van der Waals surface area contributed by atoms with Crippen LogP contribution in [0.1, 0.15) is 6.42 Å². The van der Waals surface area contributed by atoms with Crippen molar-refractivity contribution in [2.45, 2.75) is 18.2 Å². The zero-order valence-corrected chi connectivity index (χ0v) is 7.88. The summed E-state index contributed by atoms with van der Waals surface area (Å²) in [7, 11) is 0. The van der Waals surface area contributed by atoms with E-state index in [2.05, 4.69) is 35.3 Å². The molecule has 5 heteroatoms. The third-order valence-electron chi connectivity index (χ3n) is 1.33. The van der Waals surface area contributed by atoms with Gasteiger partial charge in [0.05, 0.1) is 6.54 Å². The second-order valence-electron chi connectivity index (χ2n) is 2.28. The van der Waals surface area contributed by atoms with Crippen molar-refractivity contribution >= 4 is 25.3 Å². The number of thiol groups is 2. The maximum Gasteiger partial charge on any atom is 0.137 e. The van der Waals surface area contributed by atoms with E-state index in [1.807, 2.05) is 0 Å². The highest BCUT2D eigenvalue weighted by Gasteiger charge is 2.02. The molecule has 1 atom stereocenters. The highest BCUT2D eigenvalue weighted by Crippen LogP contribution is 2.04. The van der Waals surface area contributed by atoms with E-state index < -0.39 is 0 Å². The molecule has 1 aromatic heterocycles. The molecule has 0 aromatic carbocycles. The Morgan fingerprint density at radius 2 is 2.36 bits per heavy atom. The standard InChI is InChI=1S/C6H11N3S2/c10-2-1-6(11)3-9-5-7-4-8-9/h4-6,10-11H,1-3H2. The molecule has 0 N–H and O–H groups in total. The monoisotopic (exact) mass is 189 g/mol. The van der Waals surface area contributed by atoms with E-state index in [-0.39, 0.29) is 0 Å². The third kappa shape index (κ3) is 3.16.